The fourth-order valence-electron chi connectivity index (χ4n) is 2.35. The van der Waals surface area contributed by atoms with Gasteiger partial charge in [0.25, 0.3) is 0 Å². The Morgan fingerprint density at radius 1 is 1.17 bits per heavy atom. The third kappa shape index (κ3) is 4.60. The summed E-state index contributed by atoms with van der Waals surface area (Å²) in [5, 5.41) is 10.4. The molecule has 2 aromatic rings. The number of aliphatic hydroxyl groups is 1. The average molecular weight is 334 g/mol. The zero-order chi connectivity index (χ0) is 17.0. The van der Waals surface area contributed by atoms with Gasteiger partial charge in [-0.1, -0.05) is 18.2 Å². The number of hydrogen-bond acceptors (Lipinski definition) is 5. The number of sulfone groups is 1. The van der Waals surface area contributed by atoms with Crippen LogP contribution >= 0.6 is 0 Å². The van der Waals surface area contributed by atoms with E-state index in [0.29, 0.717) is 12.1 Å². The molecule has 1 aromatic heterocycles. The molecular formula is C17H22N2O3S. The van der Waals surface area contributed by atoms with Crippen molar-refractivity contribution in [1.29, 1.82) is 0 Å². The molecule has 0 aliphatic carbocycles. The summed E-state index contributed by atoms with van der Waals surface area (Å²) in [6, 6.07) is 10.4. The first-order chi connectivity index (χ1) is 10.8. The van der Waals surface area contributed by atoms with E-state index in [1.54, 1.807) is 18.3 Å². The number of benzene rings is 1. The Balaban J connectivity index is 2.05. The standard InChI is InChI=1S/C17H22N2O3S/c1-13(15-5-4-10-18-11-15)19(2)12-17(20)14-6-8-16(9-7-14)23(3,21)22/h4-11,13,17,20H,12H2,1-3H3. The maximum absolute atomic E-state index is 11.5. The van der Waals surface area contributed by atoms with E-state index < -0.39 is 15.9 Å². The van der Waals surface area contributed by atoms with E-state index in [0.717, 1.165) is 5.56 Å². The summed E-state index contributed by atoms with van der Waals surface area (Å²) in [6.07, 6.45) is 4.03. The molecule has 1 heterocycles. The molecule has 0 radical (unpaired) electrons. The van der Waals surface area contributed by atoms with Gasteiger partial charge >= 0.3 is 0 Å². The van der Waals surface area contributed by atoms with Crippen molar-refractivity contribution < 1.29 is 13.5 Å². The number of hydrogen-bond donors (Lipinski definition) is 1. The van der Waals surface area contributed by atoms with E-state index in [1.165, 1.54) is 18.4 Å². The molecule has 2 atom stereocenters. The molecule has 124 valence electrons. The fraction of sp³-hybridized carbons (Fsp3) is 0.353. The van der Waals surface area contributed by atoms with E-state index in [4.69, 9.17) is 0 Å². The minimum Gasteiger partial charge on any atom is -0.387 e. The van der Waals surface area contributed by atoms with Gasteiger partial charge in [0.05, 0.1) is 11.0 Å². The van der Waals surface area contributed by atoms with Gasteiger partial charge in [-0.05, 0) is 43.3 Å². The molecular weight excluding hydrogens is 312 g/mol. The van der Waals surface area contributed by atoms with Gasteiger partial charge in [0.15, 0.2) is 9.84 Å². The molecule has 0 fully saturated rings. The lowest BCUT2D eigenvalue weighted by molar-refractivity contribution is 0.108. The molecule has 0 amide bonds. The van der Waals surface area contributed by atoms with Crippen molar-refractivity contribution in [2.24, 2.45) is 0 Å². The van der Waals surface area contributed by atoms with Crippen LogP contribution in [0.25, 0.3) is 0 Å². The van der Waals surface area contributed by atoms with Gasteiger partial charge in [0.2, 0.25) is 0 Å². The largest absolute Gasteiger partial charge is 0.387 e. The van der Waals surface area contributed by atoms with E-state index in [9.17, 15) is 13.5 Å². The normalized spacial score (nSPS) is 14.7. The van der Waals surface area contributed by atoms with E-state index in [2.05, 4.69) is 11.9 Å². The van der Waals surface area contributed by atoms with Crippen LogP contribution in [0.2, 0.25) is 0 Å². The van der Waals surface area contributed by atoms with Crippen LogP contribution in [-0.2, 0) is 9.84 Å². The van der Waals surface area contributed by atoms with Crippen molar-refractivity contribution in [1.82, 2.24) is 9.88 Å². The van der Waals surface area contributed by atoms with Gasteiger partial charge in [-0.15, -0.1) is 0 Å². The van der Waals surface area contributed by atoms with Crippen LogP contribution in [0.5, 0.6) is 0 Å². The number of likely N-dealkylation sites (N-methyl/N-ethyl adjacent to an activating group) is 1. The number of pyridine rings is 1. The lowest BCUT2D eigenvalue weighted by atomic mass is 10.1. The molecule has 0 saturated heterocycles. The first kappa shape index (κ1) is 17.6. The summed E-state index contributed by atoms with van der Waals surface area (Å²) in [7, 11) is -1.28. The van der Waals surface area contributed by atoms with Crippen LogP contribution in [0.4, 0.5) is 0 Å². The second kappa shape index (κ2) is 7.21. The Bertz CT molecular complexity index is 730. The lowest BCUT2D eigenvalue weighted by Gasteiger charge is -2.27. The molecule has 1 N–H and O–H groups in total. The molecule has 2 rings (SSSR count). The summed E-state index contributed by atoms with van der Waals surface area (Å²) in [4.78, 5) is 6.40. The molecule has 0 bridgehead atoms. The highest BCUT2D eigenvalue weighted by Crippen LogP contribution is 2.22. The third-order valence-corrected chi connectivity index (χ3v) is 5.11. The molecule has 1 aromatic carbocycles. The number of aromatic nitrogens is 1. The fourth-order valence-corrected chi connectivity index (χ4v) is 2.98. The number of nitrogens with zero attached hydrogens (tertiary/aromatic N) is 2. The molecule has 2 unspecified atom stereocenters. The summed E-state index contributed by atoms with van der Waals surface area (Å²) < 4.78 is 22.9. The van der Waals surface area contributed by atoms with E-state index in [-0.39, 0.29) is 10.9 Å². The van der Waals surface area contributed by atoms with Gasteiger partial charge in [-0.2, -0.15) is 0 Å². The van der Waals surface area contributed by atoms with Crippen LogP contribution < -0.4 is 0 Å². The summed E-state index contributed by atoms with van der Waals surface area (Å²) >= 11 is 0. The third-order valence-electron chi connectivity index (χ3n) is 3.98. The first-order valence-electron chi connectivity index (χ1n) is 7.37. The Morgan fingerprint density at radius 3 is 2.35 bits per heavy atom. The maximum atomic E-state index is 11.5. The highest BCUT2D eigenvalue weighted by Gasteiger charge is 2.17. The Morgan fingerprint density at radius 2 is 1.83 bits per heavy atom. The van der Waals surface area contributed by atoms with Crippen molar-refractivity contribution in [3.8, 4) is 0 Å². The van der Waals surface area contributed by atoms with Crippen LogP contribution in [0.1, 0.15) is 30.2 Å². The molecule has 0 spiro atoms. The lowest BCUT2D eigenvalue weighted by Crippen LogP contribution is -2.27. The average Bonchev–Trinajstić information content (AvgIpc) is 2.54. The molecule has 23 heavy (non-hydrogen) atoms. The smallest absolute Gasteiger partial charge is 0.175 e. The molecule has 0 saturated carbocycles. The van der Waals surface area contributed by atoms with Crippen LogP contribution in [0.15, 0.2) is 53.7 Å². The van der Waals surface area contributed by atoms with Gasteiger partial charge in [0.1, 0.15) is 0 Å². The predicted molar refractivity (Wildman–Crippen MR) is 89.8 cm³/mol. The van der Waals surface area contributed by atoms with Crippen LogP contribution in [0.3, 0.4) is 0 Å². The SMILES string of the molecule is CC(c1cccnc1)N(C)CC(O)c1ccc(S(C)(=O)=O)cc1. The summed E-state index contributed by atoms with van der Waals surface area (Å²) in [5.74, 6) is 0. The van der Waals surface area contributed by atoms with Gasteiger partial charge in [0, 0.05) is 31.2 Å². The first-order valence-corrected chi connectivity index (χ1v) is 9.26. The Labute approximate surface area is 137 Å². The number of aliphatic hydroxyl groups excluding tert-OH is 1. The Kier molecular flexibility index (Phi) is 5.51. The van der Waals surface area contributed by atoms with Gasteiger partial charge in [-0.25, -0.2) is 8.42 Å². The molecule has 0 aliphatic heterocycles. The highest BCUT2D eigenvalue weighted by molar-refractivity contribution is 7.90. The van der Waals surface area contributed by atoms with Gasteiger partial charge < -0.3 is 5.11 Å². The minimum atomic E-state index is -3.22. The molecule has 5 nitrogen and oxygen atoms in total. The molecule has 0 aliphatic rings. The zero-order valence-electron chi connectivity index (χ0n) is 13.5. The topological polar surface area (TPSA) is 70.5 Å². The summed E-state index contributed by atoms with van der Waals surface area (Å²) in [6.45, 7) is 2.49. The minimum absolute atomic E-state index is 0.119. The monoisotopic (exact) mass is 334 g/mol. The maximum Gasteiger partial charge on any atom is 0.175 e. The van der Waals surface area contributed by atoms with Crippen LogP contribution in [-0.4, -0.2) is 43.3 Å². The van der Waals surface area contributed by atoms with Crippen molar-refractivity contribution in [3.05, 3.63) is 59.9 Å². The van der Waals surface area contributed by atoms with Crippen molar-refractivity contribution >= 4 is 9.84 Å². The van der Waals surface area contributed by atoms with Gasteiger partial charge in [-0.3, -0.25) is 9.88 Å². The predicted octanol–water partition coefficient (Wildman–Crippen LogP) is 2.21. The quantitative estimate of drug-likeness (QED) is 0.877. The highest BCUT2D eigenvalue weighted by atomic mass is 32.2. The van der Waals surface area contributed by atoms with E-state index in [1.807, 2.05) is 30.3 Å². The molecule has 6 heteroatoms. The Hall–Kier alpha value is -1.76. The van der Waals surface area contributed by atoms with Crippen molar-refractivity contribution in [2.75, 3.05) is 19.8 Å². The zero-order valence-corrected chi connectivity index (χ0v) is 14.4. The van der Waals surface area contributed by atoms with Crippen molar-refractivity contribution in [3.63, 3.8) is 0 Å². The second-order valence-electron chi connectivity index (χ2n) is 5.76. The second-order valence-corrected chi connectivity index (χ2v) is 7.77. The summed E-state index contributed by atoms with van der Waals surface area (Å²) in [5.41, 5.74) is 1.78. The van der Waals surface area contributed by atoms with Crippen molar-refractivity contribution in [2.45, 2.75) is 24.0 Å². The van der Waals surface area contributed by atoms with Crippen LogP contribution in [0, 0.1) is 0 Å². The number of rotatable bonds is 6. The van der Waals surface area contributed by atoms with E-state index >= 15 is 0 Å².